The Hall–Kier alpha value is -2.79. The number of nitrogens with zero attached hydrogens (tertiary/aromatic N) is 3. The monoisotopic (exact) mass is 347 g/mol. The summed E-state index contributed by atoms with van der Waals surface area (Å²) in [6.07, 6.45) is 5.43. The van der Waals surface area contributed by atoms with Gasteiger partial charge in [0, 0.05) is 11.8 Å². The first-order chi connectivity index (χ1) is 12.6. The first-order valence-electron chi connectivity index (χ1n) is 8.93. The Kier molecular flexibility index (Phi) is 4.39. The minimum Gasteiger partial charge on any atom is -0.389 e. The molecule has 1 aliphatic rings. The third-order valence-corrected chi connectivity index (χ3v) is 5.11. The Labute approximate surface area is 152 Å². The summed E-state index contributed by atoms with van der Waals surface area (Å²) >= 11 is 0. The molecule has 0 fully saturated rings. The molecule has 0 bridgehead atoms. The van der Waals surface area contributed by atoms with E-state index in [4.69, 9.17) is 0 Å². The molecule has 3 aromatic rings. The normalized spacial score (nSPS) is 17.5. The minimum absolute atomic E-state index is 0.0719. The van der Waals surface area contributed by atoms with Crippen molar-refractivity contribution in [1.29, 1.82) is 0 Å². The summed E-state index contributed by atoms with van der Waals surface area (Å²) in [7, 11) is 0. The molecule has 2 aromatic heterocycles. The number of rotatable bonds is 3. The van der Waals surface area contributed by atoms with Crippen LogP contribution in [0.5, 0.6) is 0 Å². The highest BCUT2D eigenvalue weighted by atomic mass is 16.3. The molecule has 5 nitrogen and oxygen atoms in total. The molecule has 2 atom stereocenters. The lowest BCUT2D eigenvalue weighted by atomic mass is 9.80. The Morgan fingerprint density at radius 2 is 2.12 bits per heavy atom. The summed E-state index contributed by atoms with van der Waals surface area (Å²) < 4.78 is 1.38. The van der Waals surface area contributed by atoms with E-state index in [1.54, 1.807) is 25.4 Å². The van der Waals surface area contributed by atoms with Gasteiger partial charge in [-0.15, -0.1) is 0 Å². The van der Waals surface area contributed by atoms with E-state index in [-0.39, 0.29) is 5.56 Å². The quantitative estimate of drug-likeness (QED) is 0.791. The zero-order valence-electron chi connectivity index (χ0n) is 14.7. The van der Waals surface area contributed by atoms with Gasteiger partial charge >= 0.3 is 0 Å². The Morgan fingerprint density at radius 1 is 1.23 bits per heavy atom. The highest BCUT2D eigenvalue weighted by Gasteiger charge is 2.24. The Bertz CT molecular complexity index is 980. The summed E-state index contributed by atoms with van der Waals surface area (Å²) in [5, 5.41) is 14.2. The van der Waals surface area contributed by atoms with Gasteiger partial charge < -0.3 is 5.11 Å². The molecule has 26 heavy (non-hydrogen) atoms. The van der Waals surface area contributed by atoms with Crippen LogP contribution in [0.4, 0.5) is 0 Å². The van der Waals surface area contributed by atoms with Gasteiger partial charge in [0.25, 0.3) is 5.56 Å². The SMILES string of the molecule is CC(O)c1cccc(C2CCc3c(cnn(-c4ccccn4)c3=O)C2)c1. The highest BCUT2D eigenvalue weighted by molar-refractivity contribution is 5.34. The number of fused-ring (bicyclic) bond motifs is 1. The van der Waals surface area contributed by atoms with Gasteiger partial charge in [0.15, 0.2) is 5.82 Å². The maximum absolute atomic E-state index is 12.8. The van der Waals surface area contributed by atoms with Gasteiger partial charge in [0.1, 0.15) is 0 Å². The number of hydrogen-bond donors (Lipinski definition) is 1. The molecule has 5 heteroatoms. The number of aliphatic hydroxyl groups excluding tert-OH is 1. The van der Waals surface area contributed by atoms with Crippen LogP contribution in [-0.2, 0) is 12.8 Å². The van der Waals surface area contributed by atoms with Crippen molar-refractivity contribution in [2.75, 3.05) is 0 Å². The van der Waals surface area contributed by atoms with E-state index in [9.17, 15) is 9.90 Å². The summed E-state index contributed by atoms with van der Waals surface area (Å²) in [6, 6.07) is 13.6. The lowest BCUT2D eigenvalue weighted by Crippen LogP contribution is -2.30. The molecule has 4 rings (SSSR count). The van der Waals surface area contributed by atoms with E-state index >= 15 is 0 Å². The molecule has 0 radical (unpaired) electrons. The zero-order chi connectivity index (χ0) is 18.1. The Balaban J connectivity index is 1.65. The fourth-order valence-electron chi connectivity index (χ4n) is 3.65. The first-order valence-corrected chi connectivity index (χ1v) is 8.93. The third-order valence-electron chi connectivity index (χ3n) is 5.11. The summed E-state index contributed by atoms with van der Waals surface area (Å²) in [5.74, 6) is 0.889. The molecule has 0 amide bonds. The molecule has 2 heterocycles. The van der Waals surface area contributed by atoms with Crippen LogP contribution < -0.4 is 5.56 Å². The molecular weight excluding hydrogens is 326 g/mol. The van der Waals surface area contributed by atoms with E-state index in [2.05, 4.69) is 22.2 Å². The Morgan fingerprint density at radius 3 is 2.88 bits per heavy atom. The number of aliphatic hydroxyl groups is 1. The van der Waals surface area contributed by atoms with Crippen LogP contribution in [0, 0.1) is 0 Å². The summed E-state index contributed by atoms with van der Waals surface area (Å²) in [4.78, 5) is 17.1. The maximum Gasteiger partial charge on any atom is 0.276 e. The van der Waals surface area contributed by atoms with Gasteiger partial charge in [-0.25, -0.2) is 4.98 Å². The molecule has 0 spiro atoms. The third kappa shape index (κ3) is 3.06. The van der Waals surface area contributed by atoms with Crippen molar-refractivity contribution in [2.45, 2.75) is 38.2 Å². The van der Waals surface area contributed by atoms with Crippen molar-refractivity contribution in [3.63, 3.8) is 0 Å². The maximum atomic E-state index is 12.8. The van der Waals surface area contributed by atoms with E-state index in [1.165, 1.54) is 10.2 Å². The van der Waals surface area contributed by atoms with Crippen molar-refractivity contribution in [3.05, 3.63) is 87.5 Å². The topological polar surface area (TPSA) is 68.0 Å². The van der Waals surface area contributed by atoms with Crippen LogP contribution in [0.25, 0.3) is 5.82 Å². The molecule has 0 saturated carbocycles. The lowest BCUT2D eigenvalue weighted by molar-refractivity contribution is 0.199. The number of hydrogen-bond acceptors (Lipinski definition) is 4. The van der Waals surface area contributed by atoms with Gasteiger partial charge in [0.2, 0.25) is 0 Å². The van der Waals surface area contributed by atoms with Gasteiger partial charge in [0.05, 0.1) is 12.3 Å². The molecule has 1 aromatic carbocycles. The molecule has 1 aliphatic carbocycles. The second-order valence-corrected chi connectivity index (χ2v) is 6.84. The van der Waals surface area contributed by atoms with Crippen LogP contribution >= 0.6 is 0 Å². The van der Waals surface area contributed by atoms with E-state index in [1.807, 2.05) is 24.3 Å². The summed E-state index contributed by atoms with van der Waals surface area (Å²) in [6.45, 7) is 1.78. The van der Waals surface area contributed by atoms with Gasteiger partial charge in [-0.05, 0) is 60.9 Å². The second-order valence-electron chi connectivity index (χ2n) is 6.84. The molecule has 0 saturated heterocycles. The largest absolute Gasteiger partial charge is 0.389 e. The fourth-order valence-corrected chi connectivity index (χ4v) is 3.65. The van der Waals surface area contributed by atoms with Crippen molar-refractivity contribution >= 4 is 0 Å². The van der Waals surface area contributed by atoms with Crippen molar-refractivity contribution in [2.24, 2.45) is 0 Å². The van der Waals surface area contributed by atoms with Crippen LogP contribution in [0.2, 0.25) is 0 Å². The van der Waals surface area contributed by atoms with Crippen molar-refractivity contribution < 1.29 is 5.11 Å². The zero-order valence-corrected chi connectivity index (χ0v) is 14.7. The second kappa shape index (κ2) is 6.84. The van der Waals surface area contributed by atoms with E-state index in [0.717, 1.165) is 36.0 Å². The van der Waals surface area contributed by atoms with Crippen molar-refractivity contribution in [1.82, 2.24) is 14.8 Å². The van der Waals surface area contributed by atoms with Crippen LogP contribution in [0.1, 0.15) is 47.6 Å². The smallest absolute Gasteiger partial charge is 0.276 e. The average Bonchev–Trinajstić information content (AvgIpc) is 2.69. The standard InChI is InChI=1S/C21H21N3O2/c1-14(25)15-5-4-6-16(11-15)17-8-9-19-18(12-17)13-23-24(21(19)26)20-7-2-3-10-22-20/h2-7,10-11,13-14,17,25H,8-9,12H2,1H3. The van der Waals surface area contributed by atoms with E-state index < -0.39 is 6.10 Å². The van der Waals surface area contributed by atoms with Crippen LogP contribution in [-0.4, -0.2) is 19.9 Å². The van der Waals surface area contributed by atoms with Gasteiger partial charge in [-0.3, -0.25) is 4.79 Å². The van der Waals surface area contributed by atoms with Crippen molar-refractivity contribution in [3.8, 4) is 5.82 Å². The predicted molar refractivity (Wildman–Crippen MR) is 99.5 cm³/mol. The minimum atomic E-state index is -0.474. The number of benzene rings is 1. The van der Waals surface area contributed by atoms with Gasteiger partial charge in [-0.2, -0.15) is 9.78 Å². The number of pyridine rings is 1. The van der Waals surface area contributed by atoms with Crippen LogP contribution in [0.15, 0.2) is 59.7 Å². The fraction of sp³-hybridized carbons (Fsp3) is 0.286. The average molecular weight is 347 g/mol. The highest BCUT2D eigenvalue weighted by Crippen LogP contribution is 2.32. The van der Waals surface area contributed by atoms with Gasteiger partial charge in [-0.1, -0.05) is 30.3 Å². The van der Waals surface area contributed by atoms with Crippen LogP contribution in [0.3, 0.4) is 0 Å². The molecular formula is C21H21N3O2. The molecule has 132 valence electrons. The molecule has 0 aliphatic heterocycles. The lowest BCUT2D eigenvalue weighted by Gasteiger charge is -2.25. The summed E-state index contributed by atoms with van der Waals surface area (Å²) in [5.41, 5.74) is 3.92. The van der Waals surface area contributed by atoms with E-state index in [0.29, 0.717) is 11.7 Å². The first kappa shape index (κ1) is 16.7. The molecule has 1 N–H and O–H groups in total. The predicted octanol–water partition coefficient (Wildman–Crippen LogP) is 2.95. The number of aromatic nitrogens is 3. The molecule has 2 unspecified atom stereocenters.